The monoisotopic (exact) mass is 377 g/mol. The third-order valence-electron chi connectivity index (χ3n) is 3.35. The topological polar surface area (TPSA) is 66.2 Å². The molecule has 2 rings (SSSR count). The van der Waals surface area contributed by atoms with Gasteiger partial charge in [0, 0.05) is 12.1 Å². The molecule has 0 fully saturated rings. The highest BCUT2D eigenvalue weighted by atomic mass is 32.2. The Morgan fingerprint density at radius 3 is 2.38 bits per heavy atom. The first-order valence-corrected chi connectivity index (χ1v) is 9.60. The van der Waals surface area contributed by atoms with Gasteiger partial charge in [-0.3, -0.25) is 4.79 Å². The molecule has 0 aliphatic rings. The molecule has 142 valence electrons. The van der Waals surface area contributed by atoms with Crippen LogP contribution in [0.2, 0.25) is 0 Å². The lowest BCUT2D eigenvalue weighted by molar-refractivity contribution is -0.151. The fourth-order valence-corrected chi connectivity index (χ4v) is 3.09. The lowest BCUT2D eigenvalue weighted by Crippen LogP contribution is -2.25. The highest BCUT2D eigenvalue weighted by Crippen LogP contribution is 2.27. The number of aromatic nitrogens is 3. The van der Waals surface area contributed by atoms with Crippen molar-refractivity contribution in [1.29, 1.82) is 0 Å². The van der Waals surface area contributed by atoms with E-state index in [-0.39, 0.29) is 11.7 Å². The molecule has 0 unspecified atom stereocenters. The Morgan fingerprint density at radius 2 is 1.85 bits per heavy atom. The van der Waals surface area contributed by atoms with Crippen molar-refractivity contribution in [2.24, 2.45) is 5.92 Å². The number of hydrogen-bond donors (Lipinski definition) is 0. The van der Waals surface area contributed by atoms with Crippen LogP contribution in [0.25, 0.3) is 11.4 Å². The number of ether oxygens (including phenoxy) is 2. The van der Waals surface area contributed by atoms with Gasteiger partial charge in [-0.25, -0.2) is 0 Å². The summed E-state index contributed by atoms with van der Waals surface area (Å²) < 4.78 is 12.6. The zero-order valence-electron chi connectivity index (χ0n) is 16.3. The predicted octanol–water partition coefficient (Wildman–Crippen LogP) is 4.04. The van der Waals surface area contributed by atoms with Crippen molar-refractivity contribution < 1.29 is 14.3 Å². The van der Waals surface area contributed by atoms with Gasteiger partial charge in [-0.15, -0.1) is 10.2 Å². The first kappa shape index (κ1) is 20.3. The third-order valence-corrected chi connectivity index (χ3v) is 4.29. The summed E-state index contributed by atoms with van der Waals surface area (Å²) in [6, 6.07) is 7.72. The molecule has 0 saturated heterocycles. The van der Waals surface area contributed by atoms with Gasteiger partial charge in [0.1, 0.15) is 11.4 Å². The molecule has 0 bridgehead atoms. The average Bonchev–Trinajstić information content (AvgIpc) is 2.93. The van der Waals surface area contributed by atoms with Crippen LogP contribution in [-0.4, -0.2) is 39.2 Å². The number of benzene rings is 1. The van der Waals surface area contributed by atoms with E-state index in [2.05, 4.69) is 28.6 Å². The zero-order chi connectivity index (χ0) is 19.3. The average molecular weight is 378 g/mol. The van der Waals surface area contributed by atoms with E-state index in [1.807, 2.05) is 45.0 Å². The highest BCUT2D eigenvalue weighted by molar-refractivity contribution is 7.99. The summed E-state index contributed by atoms with van der Waals surface area (Å²) >= 11 is 1.35. The smallest absolute Gasteiger partial charge is 0.316 e. The number of carbonyl (C=O) groups is 1. The van der Waals surface area contributed by atoms with Crippen LogP contribution in [0.3, 0.4) is 0 Å². The van der Waals surface area contributed by atoms with Gasteiger partial charge in [0.15, 0.2) is 11.0 Å². The summed E-state index contributed by atoms with van der Waals surface area (Å²) in [4.78, 5) is 12.0. The number of hydrogen-bond acceptors (Lipinski definition) is 6. The molecule has 1 aromatic heterocycles. The van der Waals surface area contributed by atoms with Gasteiger partial charge in [-0.1, -0.05) is 25.6 Å². The van der Waals surface area contributed by atoms with Crippen molar-refractivity contribution in [3.05, 3.63) is 24.3 Å². The van der Waals surface area contributed by atoms with Crippen LogP contribution >= 0.6 is 11.8 Å². The highest BCUT2D eigenvalue weighted by Gasteiger charge is 2.20. The maximum Gasteiger partial charge on any atom is 0.316 e. The Balaban J connectivity index is 2.21. The van der Waals surface area contributed by atoms with Crippen molar-refractivity contribution in [3.8, 4) is 17.1 Å². The van der Waals surface area contributed by atoms with Crippen molar-refractivity contribution in [2.45, 2.75) is 51.9 Å². The Bertz CT molecular complexity index is 733. The fourth-order valence-electron chi connectivity index (χ4n) is 2.37. The molecular formula is C19H27N3O3S. The minimum Gasteiger partial charge on any atom is -0.497 e. The molecule has 26 heavy (non-hydrogen) atoms. The van der Waals surface area contributed by atoms with E-state index in [4.69, 9.17) is 9.47 Å². The molecule has 0 saturated carbocycles. The Labute approximate surface area is 159 Å². The van der Waals surface area contributed by atoms with Gasteiger partial charge >= 0.3 is 5.97 Å². The lowest BCUT2D eigenvalue weighted by atomic mass is 10.2. The SMILES string of the molecule is COc1ccc(-c2nnc(SCC(=O)OC(C)(C)C)n2CC(C)C)cc1. The Hall–Kier alpha value is -2.02. The van der Waals surface area contributed by atoms with Crippen LogP contribution < -0.4 is 4.74 Å². The largest absolute Gasteiger partial charge is 0.497 e. The molecule has 0 atom stereocenters. The lowest BCUT2D eigenvalue weighted by Gasteiger charge is -2.19. The number of carbonyl (C=O) groups excluding carboxylic acids is 1. The summed E-state index contributed by atoms with van der Waals surface area (Å²) in [6.07, 6.45) is 0. The van der Waals surface area contributed by atoms with Gasteiger partial charge in [0.2, 0.25) is 0 Å². The number of rotatable bonds is 7. The van der Waals surface area contributed by atoms with E-state index >= 15 is 0 Å². The molecule has 0 radical (unpaired) electrons. The molecule has 0 aliphatic carbocycles. The molecular weight excluding hydrogens is 350 g/mol. The first-order chi connectivity index (χ1) is 12.2. The van der Waals surface area contributed by atoms with Crippen LogP contribution in [0.1, 0.15) is 34.6 Å². The van der Waals surface area contributed by atoms with Crippen molar-refractivity contribution in [1.82, 2.24) is 14.8 Å². The summed E-state index contributed by atoms with van der Waals surface area (Å²) in [5.41, 5.74) is 0.473. The molecule has 2 aromatic rings. The third kappa shape index (κ3) is 5.76. The molecule has 6 nitrogen and oxygen atoms in total. The number of nitrogens with zero attached hydrogens (tertiary/aromatic N) is 3. The summed E-state index contributed by atoms with van der Waals surface area (Å²) in [6.45, 7) is 10.6. The van der Waals surface area contributed by atoms with Gasteiger partial charge in [0.25, 0.3) is 0 Å². The van der Waals surface area contributed by atoms with Crippen LogP contribution in [0.4, 0.5) is 0 Å². The molecule has 0 aliphatic heterocycles. The quantitative estimate of drug-likeness (QED) is 0.536. The van der Waals surface area contributed by atoms with Gasteiger partial charge in [-0.05, 0) is 51.0 Å². The maximum atomic E-state index is 12.0. The summed E-state index contributed by atoms with van der Waals surface area (Å²) in [7, 11) is 1.64. The van der Waals surface area contributed by atoms with Crippen LogP contribution in [0.5, 0.6) is 5.75 Å². The van der Waals surface area contributed by atoms with Crippen molar-refractivity contribution in [2.75, 3.05) is 12.9 Å². The molecule has 7 heteroatoms. The number of methoxy groups -OCH3 is 1. The number of esters is 1. The van der Waals surface area contributed by atoms with Crippen molar-refractivity contribution >= 4 is 17.7 Å². The van der Waals surface area contributed by atoms with Gasteiger partial charge in [0.05, 0.1) is 12.9 Å². The summed E-state index contributed by atoms with van der Waals surface area (Å²) in [5, 5.41) is 9.36. The van der Waals surface area contributed by atoms with E-state index in [0.29, 0.717) is 5.92 Å². The second-order valence-corrected chi connectivity index (χ2v) is 8.36. The molecule has 0 amide bonds. The van der Waals surface area contributed by atoms with E-state index in [9.17, 15) is 4.79 Å². The maximum absolute atomic E-state index is 12.0. The molecule has 0 N–H and O–H groups in total. The predicted molar refractivity (Wildman–Crippen MR) is 103 cm³/mol. The number of thioether (sulfide) groups is 1. The normalized spacial score (nSPS) is 11.7. The summed E-state index contributed by atoms with van der Waals surface area (Å²) in [5.74, 6) is 1.95. The first-order valence-electron chi connectivity index (χ1n) is 8.62. The Morgan fingerprint density at radius 1 is 1.19 bits per heavy atom. The van der Waals surface area contributed by atoms with Crippen LogP contribution in [-0.2, 0) is 16.1 Å². The van der Waals surface area contributed by atoms with Gasteiger partial charge < -0.3 is 14.0 Å². The second kappa shape index (κ2) is 8.58. The second-order valence-electron chi connectivity index (χ2n) is 7.41. The molecule has 1 aromatic carbocycles. The van der Waals surface area contributed by atoms with Gasteiger partial charge in [-0.2, -0.15) is 0 Å². The minimum absolute atomic E-state index is 0.204. The zero-order valence-corrected chi connectivity index (χ0v) is 17.1. The van der Waals surface area contributed by atoms with Crippen molar-refractivity contribution in [3.63, 3.8) is 0 Å². The minimum atomic E-state index is -0.489. The van der Waals surface area contributed by atoms with E-state index < -0.39 is 5.60 Å². The molecule has 1 heterocycles. The van der Waals surface area contributed by atoms with E-state index in [1.54, 1.807) is 7.11 Å². The Kier molecular flexibility index (Phi) is 6.69. The standard InChI is InChI=1S/C19H27N3O3S/c1-13(2)11-22-17(14-7-9-15(24-6)10-8-14)20-21-18(22)26-12-16(23)25-19(3,4)5/h7-10,13H,11-12H2,1-6H3. The van der Waals surface area contributed by atoms with Crippen LogP contribution in [0, 0.1) is 5.92 Å². The van der Waals surface area contributed by atoms with E-state index in [1.165, 1.54) is 11.8 Å². The molecule has 0 spiro atoms. The van der Waals surface area contributed by atoms with Crippen LogP contribution in [0.15, 0.2) is 29.4 Å². The fraction of sp³-hybridized carbons (Fsp3) is 0.526. The van der Waals surface area contributed by atoms with E-state index in [0.717, 1.165) is 28.8 Å².